The molecule has 0 bridgehead atoms. The number of para-hydroxylation sites is 1. The lowest BCUT2D eigenvalue weighted by Gasteiger charge is -2.32. The monoisotopic (exact) mass is 571 g/mol. The number of nitrogens with one attached hydrogen (secondary N) is 1. The number of sulfonamides is 1. The summed E-state index contributed by atoms with van der Waals surface area (Å²) in [5, 5.41) is 2.76. The summed E-state index contributed by atoms with van der Waals surface area (Å²) < 4.78 is 53.9. The van der Waals surface area contributed by atoms with Crippen molar-refractivity contribution < 1.29 is 31.9 Å². The predicted molar refractivity (Wildman–Crippen MR) is 150 cm³/mol. The van der Waals surface area contributed by atoms with Gasteiger partial charge in [-0.05, 0) is 51.1 Å². The fourth-order valence-electron chi connectivity index (χ4n) is 4.03. The summed E-state index contributed by atoms with van der Waals surface area (Å²) in [4.78, 5) is 27.8. The van der Waals surface area contributed by atoms with E-state index in [1.54, 1.807) is 50.2 Å². The second kappa shape index (κ2) is 13.3. The van der Waals surface area contributed by atoms with E-state index in [1.165, 1.54) is 62.4 Å². The van der Waals surface area contributed by atoms with E-state index in [9.17, 15) is 22.4 Å². The first-order chi connectivity index (χ1) is 19.0. The van der Waals surface area contributed by atoms with Crippen LogP contribution in [-0.4, -0.2) is 58.0 Å². The van der Waals surface area contributed by atoms with E-state index < -0.39 is 40.2 Å². The van der Waals surface area contributed by atoms with Crippen molar-refractivity contribution in [3.63, 3.8) is 0 Å². The molecule has 40 heavy (non-hydrogen) atoms. The number of methoxy groups -OCH3 is 2. The summed E-state index contributed by atoms with van der Waals surface area (Å²) in [5.41, 5.74) is 0.421. The van der Waals surface area contributed by atoms with Crippen LogP contribution in [0.25, 0.3) is 0 Å². The van der Waals surface area contributed by atoms with Crippen LogP contribution in [0.4, 0.5) is 10.1 Å². The van der Waals surface area contributed by atoms with Crippen LogP contribution in [0.1, 0.15) is 26.3 Å². The molecule has 0 aliphatic carbocycles. The maximum Gasteiger partial charge on any atom is 0.264 e. The van der Waals surface area contributed by atoms with Crippen LogP contribution in [0.5, 0.6) is 11.5 Å². The van der Waals surface area contributed by atoms with Crippen LogP contribution in [0, 0.1) is 5.82 Å². The number of ether oxygens (including phenoxy) is 2. The van der Waals surface area contributed by atoms with Gasteiger partial charge in [-0.1, -0.05) is 36.4 Å². The summed E-state index contributed by atoms with van der Waals surface area (Å²) in [7, 11) is -1.49. The first-order valence-electron chi connectivity index (χ1n) is 12.6. The molecule has 0 radical (unpaired) electrons. The maximum atomic E-state index is 14.6. The van der Waals surface area contributed by atoms with Gasteiger partial charge in [0.05, 0.1) is 24.8 Å². The van der Waals surface area contributed by atoms with Crippen molar-refractivity contribution in [1.29, 1.82) is 0 Å². The van der Waals surface area contributed by atoms with E-state index in [-0.39, 0.29) is 34.5 Å². The van der Waals surface area contributed by atoms with Crippen LogP contribution >= 0.6 is 0 Å². The Labute approximate surface area is 234 Å². The number of halogens is 1. The van der Waals surface area contributed by atoms with Crippen LogP contribution in [0.2, 0.25) is 0 Å². The number of hydrogen-bond donors (Lipinski definition) is 1. The highest BCUT2D eigenvalue weighted by Gasteiger charge is 2.33. The highest BCUT2D eigenvalue weighted by molar-refractivity contribution is 7.92. The molecule has 0 heterocycles. The first kappa shape index (κ1) is 30.4. The van der Waals surface area contributed by atoms with Crippen LogP contribution in [0.15, 0.2) is 77.7 Å². The molecule has 0 aliphatic heterocycles. The largest absolute Gasteiger partial charge is 0.493 e. The Morgan fingerprint density at radius 2 is 1.52 bits per heavy atom. The second-order valence-corrected chi connectivity index (χ2v) is 11.2. The van der Waals surface area contributed by atoms with E-state index in [0.29, 0.717) is 5.75 Å². The first-order valence-corrected chi connectivity index (χ1v) is 14.1. The van der Waals surface area contributed by atoms with Crippen molar-refractivity contribution in [2.24, 2.45) is 0 Å². The zero-order valence-corrected chi connectivity index (χ0v) is 23.9. The fraction of sp³-hybridized carbons (Fsp3) is 0.310. The van der Waals surface area contributed by atoms with Crippen LogP contribution < -0.4 is 19.1 Å². The molecular formula is C29H34FN3O6S. The Kier molecular flexibility index (Phi) is 10.1. The van der Waals surface area contributed by atoms with Gasteiger partial charge in [0.25, 0.3) is 10.0 Å². The third-order valence-electron chi connectivity index (χ3n) is 6.16. The molecule has 1 unspecified atom stereocenters. The number of amides is 2. The molecule has 0 aromatic heterocycles. The average molecular weight is 572 g/mol. The number of benzene rings is 3. The number of carbonyl (C=O) groups is 2. The Morgan fingerprint density at radius 3 is 2.12 bits per heavy atom. The van der Waals surface area contributed by atoms with Gasteiger partial charge in [-0.3, -0.25) is 13.9 Å². The summed E-state index contributed by atoms with van der Waals surface area (Å²) in [5.74, 6) is -1.15. The van der Waals surface area contributed by atoms with Crippen molar-refractivity contribution in [1.82, 2.24) is 10.2 Å². The molecule has 3 rings (SSSR count). The smallest absolute Gasteiger partial charge is 0.264 e. The van der Waals surface area contributed by atoms with Gasteiger partial charge in [-0.15, -0.1) is 0 Å². The highest BCUT2D eigenvalue weighted by Crippen LogP contribution is 2.32. The molecule has 0 fully saturated rings. The Morgan fingerprint density at radius 1 is 0.900 bits per heavy atom. The van der Waals surface area contributed by atoms with E-state index in [0.717, 1.165) is 4.31 Å². The van der Waals surface area contributed by atoms with Crippen molar-refractivity contribution >= 4 is 27.5 Å². The molecule has 0 saturated heterocycles. The average Bonchev–Trinajstić information content (AvgIpc) is 2.94. The van der Waals surface area contributed by atoms with Crippen molar-refractivity contribution in [2.45, 2.75) is 44.3 Å². The van der Waals surface area contributed by atoms with Gasteiger partial charge in [-0.2, -0.15) is 0 Å². The zero-order chi connectivity index (χ0) is 29.4. The summed E-state index contributed by atoms with van der Waals surface area (Å²) >= 11 is 0. The summed E-state index contributed by atoms with van der Waals surface area (Å²) in [6.45, 7) is 4.19. The molecule has 11 heteroatoms. The van der Waals surface area contributed by atoms with E-state index in [1.807, 2.05) is 0 Å². The molecule has 9 nitrogen and oxygen atoms in total. The topological polar surface area (TPSA) is 105 Å². The van der Waals surface area contributed by atoms with Gasteiger partial charge >= 0.3 is 0 Å². The van der Waals surface area contributed by atoms with Gasteiger partial charge in [0.2, 0.25) is 11.8 Å². The standard InChI is InChI=1S/C29H34FN3O6S/c1-20(2)31-29(35)21(3)32(18-22-11-9-10-14-25(22)30)28(34)19-33(23-12-7-6-8-13-23)40(36,37)24-15-16-26(38-4)27(17-24)39-5/h6-17,20-21H,18-19H2,1-5H3,(H,31,35). The number of nitrogens with zero attached hydrogens (tertiary/aromatic N) is 2. The highest BCUT2D eigenvalue weighted by atomic mass is 32.2. The SMILES string of the molecule is COc1ccc(S(=O)(=O)N(CC(=O)N(Cc2ccccc2F)C(C)C(=O)NC(C)C)c2ccccc2)cc1OC. The lowest BCUT2D eigenvalue weighted by atomic mass is 10.1. The van der Waals surface area contributed by atoms with Crippen LogP contribution in [0.3, 0.4) is 0 Å². The van der Waals surface area contributed by atoms with Crippen molar-refractivity contribution in [3.05, 3.63) is 84.2 Å². The molecule has 1 atom stereocenters. The Hall–Kier alpha value is -4.12. The summed E-state index contributed by atoms with van der Waals surface area (Å²) in [6.07, 6.45) is 0. The molecule has 1 N–H and O–H groups in total. The van der Waals surface area contributed by atoms with Gasteiger partial charge in [0.1, 0.15) is 18.4 Å². The molecule has 0 spiro atoms. The van der Waals surface area contributed by atoms with E-state index in [2.05, 4.69) is 5.32 Å². The van der Waals surface area contributed by atoms with Crippen molar-refractivity contribution in [3.8, 4) is 11.5 Å². The second-order valence-electron chi connectivity index (χ2n) is 9.32. The Balaban J connectivity index is 2.05. The number of anilines is 1. The third kappa shape index (κ3) is 7.09. The molecule has 214 valence electrons. The number of carbonyl (C=O) groups excluding carboxylic acids is 2. The normalized spacial score (nSPS) is 12.0. The fourth-order valence-corrected chi connectivity index (χ4v) is 5.46. The number of hydrogen-bond acceptors (Lipinski definition) is 6. The Bertz CT molecular complexity index is 1430. The van der Waals surface area contributed by atoms with Crippen molar-refractivity contribution in [2.75, 3.05) is 25.1 Å². The molecule has 0 aliphatic rings. The third-order valence-corrected chi connectivity index (χ3v) is 7.93. The minimum Gasteiger partial charge on any atom is -0.493 e. The number of rotatable bonds is 12. The molecule has 0 saturated carbocycles. The maximum absolute atomic E-state index is 14.6. The van der Waals surface area contributed by atoms with E-state index in [4.69, 9.17) is 9.47 Å². The minimum atomic E-state index is -4.31. The summed E-state index contributed by atoms with van der Waals surface area (Å²) in [6, 6.07) is 16.9. The van der Waals surface area contributed by atoms with Gasteiger partial charge in [0, 0.05) is 24.2 Å². The molecule has 2 amide bonds. The lowest BCUT2D eigenvalue weighted by Crippen LogP contribution is -2.52. The van der Waals surface area contributed by atoms with E-state index >= 15 is 0 Å². The van der Waals surface area contributed by atoms with Crippen LogP contribution in [-0.2, 0) is 26.2 Å². The minimum absolute atomic E-state index is 0.131. The lowest BCUT2D eigenvalue weighted by molar-refractivity contribution is -0.139. The van der Waals surface area contributed by atoms with Gasteiger partial charge in [0.15, 0.2) is 11.5 Å². The molecular weight excluding hydrogens is 537 g/mol. The molecule has 3 aromatic carbocycles. The molecule has 3 aromatic rings. The predicted octanol–water partition coefficient (Wildman–Crippen LogP) is 3.98. The zero-order valence-electron chi connectivity index (χ0n) is 23.1. The van der Waals surface area contributed by atoms with Gasteiger partial charge in [-0.25, -0.2) is 12.8 Å². The van der Waals surface area contributed by atoms with Gasteiger partial charge < -0.3 is 19.7 Å². The quantitative estimate of drug-likeness (QED) is 0.353.